The normalized spacial score (nSPS) is 11.8. The van der Waals surface area contributed by atoms with Gasteiger partial charge in [-0.2, -0.15) is 0 Å². The maximum atomic E-state index is 11.9. The summed E-state index contributed by atoms with van der Waals surface area (Å²) in [5.74, 6) is 1.24. The SMILES string of the molecule is CC(NC(=O)NCCCc1ccccc1)Oc1ccc(C(C)C)cc1. The van der Waals surface area contributed by atoms with Crippen molar-refractivity contribution >= 4 is 6.03 Å². The van der Waals surface area contributed by atoms with Crippen molar-refractivity contribution in [2.45, 2.75) is 45.8 Å². The smallest absolute Gasteiger partial charge is 0.317 e. The van der Waals surface area contributed by atoms with Gasteiger partial charge in [-0.25, -0.2) is 4.79 Å². The number of carbonyl (C=O) groups excluding carboxylic acids is 1. The monoisotopic (exact) mass is 340 g/mol. The molecule has 2 amide bonds. The van der Waals surface area contributed by atoms with Crippen LogP contribution in [0.5, 0.6) is 5.75 Å². The van der Waals surface area contributed by atoms with Gasteiger partial charge in [0.2, 0.25) is 0 Å². The van der Waals surface area contributed by atoms with Crippen molar-refractivity contribution in [2.75, 3.05) is 6.54 Å². The minimum absolute atomic E-state index is 0.209. The van der Waals surface area contributed by atoms with Crippen LogP contribution in [0, 0.1) is 0 Å². The molecule has 0 radical (unpaired) electrons. The summed E-state index contributed by atoms with van der Waals surface area (Å²) < 4.78 is 5.72. The standard InChI is InChI=1S/C21H28N2O2/c1-16(2)19-11-13-20(14-12-19)25-17(3)23-21(24)22-15-7-10-18-8-5-4-6-9-18/h4-6,8-9,11-14,16-17H,7,10,15H2,1-3H3,(H2,22,23,24). The van der Waals surface area contributed by atoms with Gasteiger partial charge in [-0.3, -0.25) is 0 Å². The van der Waals surface area contributed by atoms with Gasteiger partial charge in [0, 0.05) is 6.54 Å². The molecule has 0 aliphatic carbocycles. The summed E-state index contributed by atoms with van der Waals surface area (Å²) in [5.41, 5.74) is 2.55. The molecule has 2 rings (SSSR count). The van der Waals surface area contributed by atoms with Crippen LogP contribution in [0.3, 0.4) is 0 Å². The zero-order valence-electron chi connectivity index (χ0n) is 15.3. The topological polar surface area (TPSA) is 50.4 Å². The molecule has 4 nitrogen and oxygen atoms in total. The molecular weight excluding hydrogens is 312 g/mol. The van der Waals surface area contributed by atoms with E-state index in [1.165, 1.54) is 11.1 Å². The molecule has 0 spiro atoms. The molecule has 25 heavy (non-hydrogen) atoms. The predicted octanol–water partition coefficient (Wildman–Crippen LogP) is 4.47. The molecule has 0 saturated carbocycles. The second-order valence-electron chi connectivity index (χ2n) is 6.47. The first-order valence-electron chi connectivity index (χ1n) is 8.89. The summed E-state index contributed by atoms with van der Waals surface area (Å²) >= 11 is 0. The van der Waals surface area contributed by atoms with Gasteiger partial charge in [0.1, 0.15) is 5.75 Å². The Hall–Kier alpha value is -2.49. The number of aryl methyl sites for hydroxylation is 1. The summed E-state index contributed by atoms with van der Waals surface area (Å²) in [6.45, 7) is 6.76. The van der Waals surface area contributed by atoms with Crippen molar-refractivity contribution < 1.29 is 9.53 Å². The van der Waals surface area contributed by atoms with Crippen molar-refractivity contribution in [3.63, 3.8) is 0 Å². The fraction of sp³-hybridized carbons (Fsp3) is 0.381. The Morgan fingerprint density at radius 2 is 1.68 bits per heavy atom. The largest absolute Gasteiger partial charge is 0.471 e. The van der Waals surface area contributed by atoms with Crippen molar-refractivity contribution in [1.82, 2.24) is 10.6 Å². The molecule has 0 saturated heterocycles. The number of rotatable bonds is 8. The Morgan fingerprint density at radius 1 is 1.00 bits per heavy atom. The molecule has 2 aromatic carbocycles. The average molecular weight is 340 g/mol. The summed E-state index contributed by atoms with van der Waals surface area (Å²) in [6, 6.07) is 18.0. The number of urea groups is 1. The number of nitrogens with one attached hydrogen (secondary N) is 2. The molecular formula is C21H28N2O2. The average Bonchev–Trinajstić information content (AvgIpc) is 2.60. The van der Waals surface area contributed by atoms with Gasteiger partial charge in [0.05, 0.1) is 0 Å². The quantitative estimate of drug-likeness (QED) is 0.550. The van der Waals surface area contributed by atoms with Crippen LogP contribution in [-0.2, 0) is 6.42 Å². The van der Waals surface area contributed by atoms with Crippen molar-refractivity contribution in [1.29, 1.82) is 0 Å². The predicted molar refractivity (Wildman–Crippen MR) is 102 cm³/mol. The van der Waals surface area contributed by atoms with E-state index in [0.717, 1.165) is 18.6 Å². The van der Waals surface area contributed by atoms with Gasteiger partial charge >= 0.3 is 6.03 Å². The second-order valence-corrected chi connectivity index (χ2v) is 6.47. The molecule has 0 fully saturated rings. The van der Waals surface area contributed by atoms with E-state index in [1.54, 1.807) is 0 Å². The molecule has 0 bridgehead atoms. The zero-order valence-corrected chi connectivity index (χ0v) is 15.3. The number of benzene rings is 2. The maximum absolute atomic E-state index is 11.9. The zero-order chi connectivity index (χ0) is 18.1. The van der Waals surface area contributed by atoms with Gasteiger partial charge in [-0.05, 0) is 48.9 Å². The van der Waals surface area contributed by atoms with Crippen molar-refractivity contribution in [3.05, 3.63) is 65.7 Å². The fourth-order valence-electron chi connectivity index (χ4n) is 2.54. The summed E-state index contributed by atoms with van der Waals surface area (Å²) in [6.07, 6.45) is 1.47. The first-order valence-corrected chi connectivity index (χ1v) is 8.89. The summed E-state index contributed by atoms with van der Waals surface area (Å²) in [7, 11) is 0. The van der Waals surface area contributed by atoms with E-state index in [1.807, 2.05) is 37.3 Å². The Morgan fingerprint density at radius 3 is 2.32 bits per heavy atom. The van der Waals surface area contributed by atoms with E-state index < -0.39 is 0 Å². The molecule has 2 N–H and O–H groups in total. The molecule has 1 atom stereocenters. The van der Waals surface area contributed by atoms with Crippen LogP contribution in [0.25, 0.3) is 0 Å². The molecule has 0 heterocycles. The third-order valence-corrected chi connectivity index (χ3v) is 3.96. The summed E-state index contributed by atoms with van der Waals surface area (Å²) in [5, 5.41) is 5.66. The highest BCUT2D eigenvalue weighted by Gasteiger charge is 2.08. The Bertz CT molecular complexity index is 639. The molecule has 0 aromatic heterocycles. The first-order chi connectivity index (χ1) is 12.0. The van der Waals surface area contributed by atoms with Crippen LogP contribution in [-0.4, -0.2) is 18.8 Å². The molecule has 134 valence electrons. The van der Waals surface area contributed by atoms with Crippen LogP contribution < -0.4 is 15.4 Å². The highest BCUT2D eigenvalue weighted by molar-refractivity contribution is 5.73. The lowest BCUT2D eigenvalue weighted by molar-refractivity contribution is 0.177. The van der Waals surface area contributed by atoms with Crippen LogP contribution >= 0.6 is 0 Å². The fourth-order valence-corrected chi connectivity index (χ4v) is 2.54. The van der Waals surface area contributed by atoms with E-state index in [4.69, 9.17) is 4.74 Å². The lowest BCUT2D eigenvalue weighted by Gasteiger charge is -2.17. The molecule has 1 unspecified atom stereocenters. The van der Waals surface area contributed by atoms with E-state index >= 15 is 0 Å². The number of ether oxygens (including phenoxy) is 1. The molecule has 4 heteroatoms. The highest BCUT2D eigenvalue weighted by Crippen LogP contribution is 2.19. The molecule has 2 aromatic rings. The van der Waals surface area contributed by atoms with Crippen LogP contribution in [0.4, 0.5) is 4.79 Å². The number of carbonyl (C=O) groups is 1. The number of hydrogen-bond donors (Lipinski definition) is 2. The second kappa shape index (κ2) is 9.72. The third kappa shape index (κ3) is 6.87. The number of hydrogen-bond acceptors (Lipinski definition) is 2. The lowest BCUT2D eigenvalue weighted by Crippen LogP contribution is -2.43. The van der Waals surface area contributed by atoms with Crippen LogP contribution in [0.15, 0.2) is 54.6 Å². The summed E-state index contributed by atoms with van der Waals surface area (Å²) in [4.78, 5) is 11.9. The van der Waals surface area contributed by atoms with Crippen molar-refractivity contribution in [3.8, 4) is 5.75 Å². The van der Waals surface area contributed by atoms with E-state index in [0.29, 0.717) is 12.5 Å². The van der Waals surface area contributed by atoms with E-state index in [2.05, 4.69) is 48.7 Å². The van der Waals surface area contributed by atoms with Gasteiger partial charge in [0.15, 0.2) is 6.23 Å². The minimum atomic E-state index is -0.390. The maximum Gasteiger partial charge on any atom is 0.317 e. The van der Waals surface area contributed by atoms with Crippen molar-refractivity contribution in [2.24, 2.45) is 0 Å². The molecule has 0 aliphatic heterocycles. The molecule has 0 aliphatic rings. The van der Waals surface area contributed by atoms with Gasteiger partial charge in [-0.1, -0.05) is 56.3 Å². The highest BCUT2D eigenvalue weighted by atomic mass is 16.5. The van der Waals surface area contributed by atoms with Gasteiger partial charge in [-0.15, -0.1) is 0 Å². The van der Waals surface area contributed by atoms with Gasteiger partial charge < -0.3 is 15.4 Å². The number of amides is 2. The van der Waals surface area contributed by atoms with E-state index in [9.17, 15) is 4.79 Å². The Labute approximate surface area is 150 Å². The van der Waals surface area contributed by atoms with E-state index in [-0.39, 0.29) is 12.3 Å². The van der Waals surface area contributed by atoms with Gasteiger partial charge in [0.25, 0.3) is 0 Å². The Kier molecular flexibility index (Phi) is 7.33. The first kappa shape index (κ1) is 18.8. The van der Waals surface area contributed by atoms with Crippen LogP contribution in [0.2, 0.25) is 0 Å². The van der Waals surface area contributed by atoms with Crippen LogP contribution in [0.1, 0.15) is 44.2 Å². The third-order valence-electron chi connectivity index (χ3n) is 3.96. The minimum Gasteiger partial charge on any atom is -0.471 e. The Balaban J connectivity index is 1.65. The lowest BCUT2D eigenvalue weighted by atomic mass is 10.0.